The predicted octanol–water partition coefficient (Wildman–Crippen LogP) is 1.71. The Kier molecular flexibility index (Phi) is 8.07. The lowest BCUT2D eigenvalue weighted by atomic mass is 10.1. The van der Waals surface area contributed by atoms with Gasteiger partial charge in [0.25, 0.3) is 5.91 Å². The zero-order valence-corrected chi connectivity index (χ0v) is 18.5. The smallest absolute Gasteiger partial charge is 0.357 e. The van der Waals surface area contributed by atoms with Crippen molar-refractivity contribution in [1.29, 1.82) is 0 Å². The van der Waals surface area contributed by atoms with Crippen LogP contribution >= 0.6 is 11.3 Å². The molecule has 0 aliphatic carbocycles. The number of aryl methyl sites for hydroxylation is 1. The summed E-state index contributed by atoms with van der Waals surface area (Å²) in [6.07, 6.45) is 0. The van der Waals surface area contributed by atoms with Crippen molar-refractivity contribution in [2.45, 2.75) is 53.2 Å². The molecule has 0 fully saturated rings. The van der Waals surface area contributed by atoms with Crippen molar-refractivity contribution in [3.8, 4) is 0 Å². The van der Waals surface area contributed by atoms with Crippen molar-refractivity contribution >= 4 is 29.1 Å². The Hall–Kier alpha value is -2.79. The van der Waals surface area contributed by atoms with Gasteiger partial charge in [-0.2, -0.15) is 0 Å². The average Bonchev–Trinajstić information content (AvgIpc) is 3.32. The van der Waals surface area contributed by atoms with Crippen LogP contribution in [0, 0.1) is 12.8 Å². The molecule has 10 nitrogen and oxygen atoms in total. The van der Waals surface area contributed by atoms with E-state index in [4.69, 9.17) is 14.9 Å². The minimum absolute atomic E-state index is 0.00525. The maximum absolute atomic E-state index is 12.6. The summed E-state index contributed by atoms with van der Waals surface area (Å²) in [5, 5.41) is 7.56. The standard InChI is InChI=1S/C19H27N5O5S/c1-6-28-19(27)12-8-30-18(23-12)10(4)22-17(26)15-11(5)29-13(24-15)7-21-16(25)14(20)9(2)3/h8-10,14H,6-7,20H2,1-5H3,(H,21,25)(H,22,26)/t10-,14-/m0/s1. The van der Waals surface area contributed by atoms with E-state index in [0.717, 1.165) is 0 Å². The van der Waals surface area contributed by atoms with Gasteiger partial charge in [0, 0.05) is 5.38 Å². The van der Waals surface area contributed by atoms with Gasteiger partial charge < -0.3 is 25.5 Å². The lowest BCUT2D eigenvalue weighted by Crippen LogP contribution is -2.43. The van der Waals surface area contributed by atoms with Crippen LogP contribution in [0.1, 0.15) is 71.4 Å². The number of esters is 1. The van der Waals surface area contributed by atoms with Crippen LogP contribution < -0.4 is 16.4 Å². The molecule has 2 heterocycles. The largest absolute Gasteiger partial charge is 0.461 e. The van der Waals surface area contributed by atoms with E-state index in [2.05, 4.69) is 20.6 Å². The van der Waals surface area contributed by atoms with Gasteiger partial charge >= 0.3 is 5.97 Å². The van der Waals surface area contributed by atoms with Gasteiger partial charge in [-0.25, -0.2) is 14.8 Å². The fourth-order valence-corrected chi connectivity index (χ4v) is 3.23. The first-order valence-electron chi connectivity index (χ1n) is 9.57. The summed E-state index contributed by atoms with van der Waals surface area (Å²) >= 11 is 1.24. The number of hydrogen-bond acceptors (Lipinski definition) is 9. The number of ether oxygens (including phenoxy) is 1. The van der Waals surface area contributed by atoms with Crippen LogP contribution in [-0.4, -0.2) is 40.4 Å². The number of thiazole rings is 1. The Balaban J connectivity index is 1.99. The number of carbonyl (C=O) groups is 3. The van der Waals surface area contributed by atoms with Crippen LogP contribution in [0.5, 0.6) is 0 Å². The molecule has 0 bridgehead atoms. The lowest BCUT2D eigenvalue weighted by molar-refractivity contribution is -0.123. The molecule has 0 saturated carbocycles. The second-order valence-corrected chi connectivity index (χ2v) is 7.88. The van der Waals surface area contributed by atoms with E-state index in [1.807, 2.05) is 13.8 Å². The van der Waals surface area contributed by atoms with Gasteiger partial charge in [-0.1, -0.05) is 13.8 Å². The molecule has 11 heteroatoms. The molecule has 164 valence electrons. The number of oxazole rings is 1. The highest BCUT2D eigenvalue weighted by Crippen LogP contribution is 2.20. The summed E-state index contributed by atoms with van der Waals surface area (Å²) < 4.78 is 10.4. The van der Waals surface area contributed by atoms with Gasteiger partial charge in [-0.15, -0.1) is 11.3 Å². The summed E-state index contributed by atoms with van der Waals surface area (Å²) in [5.41, 5.74) is 6.11. The zero-order valence-electron chi connectivity index (χ0n) is 17.6. The number of nitrogens with one attached hydrogen (secondary N) is 2. The molecular weight excluding hydrogens is 410 g/mol. The molecule has 2 aromatic heterocycles. The third-order valence-corrected chi connectivity index (χ3v) is 5.24. The van der Waals surface area contributed by atoms with E-state index in [9.17, 15) is 14.4 Å². The minimum atomic E-state index is -0.637. The van der Waals surface area contributed by atoms with Gasteiger partial charge in [0.15, 0.2) is 11.4 Å². The molecule has 0 saturated heterocycles. The first-order chi connectivity index (χ1) is 14.1. The van der Waals surface area contributed by atoms with Gasteiger partial charge in [0.2, 0.25) is 11.8 Å². The molecule has 0 aliphatic heterocycles. The monoisotopic (exact) mass is 437 g/mol. The summed E-state index contributed by atoms with van der Waals surface area (Å²) in [7, 11) is 0. The number of rotatable bonds is 9. The predicted molar refractivity (Wildman–Crippen MR) is 110 cm³/mol. The molecule has 0 aromatic carbocycles. The molecule has 2 aromatic rings. The summed E-state index contributed by atoms with van der Waals surface area (Å²) in [6.45, 7) is 9.05. The van der Waals surface area contributed by atoms with Crippen molar-refractivity contribution in [3.05, 3.63) is 33.4 Å². The van der Waals surface area contributed by atoms with Crippen LogP contribution in [0.15, 0.2) is 9.80 Å². The maximum Gasteiger partial charge on any atom is 0.357 e. The second kappa shape index (κ2) is 10.3. The number of carbonyl (C=O) groups excluding carboxylic acids is 3. The van der Waals surface area contributed by atoms with Crippen LogP contribution in [-0.2, 0) is 16.1 Å². The molecule has 0 spiro atoms. The normalized spacial score (nSPS) is 13.0. The first kappa shape index (κ1) is 23.5. The highest BCUT2D eigenvalue weighted by atomic mass is 32.1. The van der Waals surface area contributed by atoms with Crippen molar-refractivity contribution in [2.24, 2.45) is 11.7 Å². The van der Waals surface area contributed by atoms with Crippen LogP contribution in [0.2, 0.25) is 0 Å². The minimum Gasteiger partial charge on any atom is -0.461 e. The van der Waals surface area contributed by atoms with Gasteiger partial charge in [0.1, 0.15) is 10.8 Å². The molecule has 4 N–H and O–H groups in total. The SMILES string of the molecule is CCOC(=O)c1csc([C@H](C)NC(=O)c2nc(CNC(=O)[C@@H](N)C(C)C)oc2C)n1. The average molecular weight is 438 g/mol. The third-order valence-electron chi connectivity index (χ3n) is 4.22. The van der Waals surface area contributed by atoms with Gasteiger partial charge in [0.05, 0.1) is 25.2 Å². The number of amides is 2. The Morgan fingerprint density at radius 1 is 1.27 bits per heavy atom. The van der Waals surface area contributed by atoms with E-state index in [-0.39, 0.29) is 42.3 Å². The molecule has 0 radical (unpaired) electrons. The zero-order chi connectivity index (χ0) is 22.4. The quantitative estimate of drug-likeness (QED) is 0.502. The fraction of sp³-hybridized carbons (Fsp3) is 0.526. The molecule has 30 heavy (non-hydrogen) atoms. The first-order valence-corrected chi connectivity index (χ1v) is 10.4. The highest BCUT2D eigenvalue weighted by Gasteiger charge is 2.23. The Morgan fingerprint density at radius 3 is 2.60 bits per heavy atom. The Labute approximate surface area is 178 Å². The molecule has 2 rings (SSSR count). The number of hydrogen-bond donors (Lipinski definition) is 3. The van der Waals surface area contributed by atoms with E-state index >= 15 is 0 Å². The topological polar surface area (TPSA) is 149 Å². The summed E-state index contributed by atoms with van der Waals surface area (Å²) in [4.78, 5) is 44.6. The second-order valence-electron chi connectivity index (χ2n) is 6.99. The maximum atomic E-state index is 12.6. The Bertz CT molecular complexity index is 907. The Morgan fingerprint density at radius 2 is 1.97 bits per heavy atom. The molecule has 0 aliphatic rings. The van der Waals surface area contributed by atoms with E-state index in [1.54, 1.807) is 26.2 Å². The van der Waals surface area contributed by atoms with Crippen molar-refractivity contribution in [1.82, 2.24) is 20.6 Å². The highest BCUT2D eigenvalue weighted by molar-refractivity contribution is 7.09. The van der Waals surface area contributed by atoms with Gasteiger partial charge in [-0.3, -0.25) is 9.59 Å². The summed E-state index contributed by atoms with van der Waals surface area (Å²) in [5.74, 6) is -0.754. The fourth-order valence-electron chi connectivity index (χ4n) is 2.43. The van der Waals surface area contributed by atoms with E-state index < -0.39 is 24.0 Å². The number of nitrogens with two attached hydrogens (primary N) is 1. The molecule has 2 amide bonds. The molecule has 2 atom stereocenters. The lowest BCUT2D eigenvalue weighted by Gasteiger charge is -2.14. The third kappa shape index (κ3) is 5.86. The van der Waals surface area contributed by atoms with E-state index in [0.29, 0.717) is 10.8 Å². The van der Waals surface area contributed by atoms with Gasteiger partial charge in [-0.05, 0) is 26.7 Å². The molecular formula is C19H27N5O5S. The van der Waals surface area contributed by atoms with Crippen LogP contribution in [0.4, 0.5) is 0 Å². The number of aromatic nitrogens is 2. The van der Waals surface area contributed by atoms with Crippen LogP contribution in [0.25, 0.3) is 0 Å². The van der Waals surface area contributed by atoms with Crippen LogP contribution in [0.3, 0.4) is 0 Å². The molecule has 0 unspecified atom stereocenters. The van der Waals surface area contributed by atoms with Crippen molar-refractivity contribution in [2.75, 3.05) is 6.61 Å². The van der Waals surface area contributed by atoms with Crippen molar-refractivity contribution in [3.63, 3.8) is 0 Å². The number of nitrogens with zero attached hydrogens (tertiary/aromatic N) is 2. The van der Waals surface area contributed by atoms with Crippen molar-refractivity contribution < 1.29 is 23.5 Å². The van der Waals surface area contributed by atoms with E-state index in [1.165, 1.54) is 11.3 Å². The summed E-state index contributed by atoms with van der Waals surface area (Å²) in [6, 6.07) is -1.09.